The van der Waals surface area contributed by atoms with E-state index in [2.05, 4.69) is 59.5 Å². The number of aromatic nitrogens is 3. The lowest BCUT2D eigenvalue weighted by Crippen LogP contribution is -2.36. The molecule has 1 saturated carbocycles. The lowest BCUT2D eigenvalue weighted by Gasteiger charge is -2.31. The summed E-state index contributed by atoms with van der Waals surface area (Å²) in [6.45, 7) is 9.97. The second-order valence-corrected chi connectivity index (χ2v) is 10.1. The average Bonchev–Trinajstić information content (AvgIpc) is 2.86. The van der Waals surface area contributed by atoms with Crippen molar-refractivity contribution >= 4 is 17.8 Å². The molecule has 1 aliphatic heterocycles. The second kappa shape index (κ2) is 12.3. The highest BCUT2D eigenvalue weighted by Crippen LogP contribution is 2.29. The quantitative estimate of drug-likeness (QED) is 0.421. The van der Waals surface area contributed by atoms with E-state index in [0.717, 1.165) is 62.4 Å². The minimum absolute atomic E-state index is 0.478. The molecular weight excluding hydrogens is 420 g/mol. The average molecular weight is 463 g/mol. The number of nitrogens with one attached hydrogen (secondary N) is 2. The largest absolute Gasteiger partial charge is 0.367 e. The predicted octanol–water partition coefficient (Wildman–Crippen LogP) is 6.38. The molecule has 2 aromatic heterocycles. The van der Waals surface area contributed by atoms with Crippen molar-refractivity contribution in [3.05, 3.63) is 35.7 Å². The van der Waals surface area contributed by atoms with E-state index in [9.17, 15) is 0 Å². The number of piperidine rings is 1. The van der Waals surface area contributed by atoms with Gasteiger partial charge in [0.25, 0.3) is 0 Å². The number of hydrogen-bond donors (Lipinski definition) is 2. The van der Waals surface area contributed by atoms with Gasteiger partial charge >= 0.3 is 0 Å². The molecule has 2 aromatic rings. The molecule has 2 fully saturated rings. The molecule has 0 spiro atoms. The molecular formula is C28H42N6. The summed E-state index contributed by atoms with van der Waals surface area (Å²) in [5, 5.41) is 7.10. The first-order valence-corrected chi connectivity index (χ1v) is 13.4. The van der Waals surface area contributed by atoms with Crippen LogP contribution in [0.5, 0.6) is 0 Å². The second-order valence-electron chi connectivity index (χ2n) is 10.1. The molecule has 0 aromatic carbocycles. The molecule has 1 aliphatic carbocycles. The van der Waals surface area contributed by atoms with Gasteiger partial charge in [-0.3, -0.25) is 4.98 Å². The monoisotopic (exact) mass is 462 g/mol. The normalized spacial score (nSPS) is 17.7. The van der Waals surface area contributed by atoms with Crippen LogP contribution in [0.1, 0.15) is 84.1 Å². The third kappa shape index (κ3) is 6.78. The van der Waals surface area contributed by atoms with Crippen LogP contribution in [0.2, 0.25) is 0 Å². The summed E-state index contributed by atoms with van der Waals surface area (Å²) in [6.07, 6.45) is 17.1. The van der Waals surface area contributed by atoms with Crippen LogP contribution in [-0.2, 0) is 0 Å². The van der Waals surface area contributed by atoms with Crippen LogP contribution in [0.3, 0.4) is 0 Å². The molecule has 0 bridgehead atoms. The number of pyridine rings is 1. The summed E-state index contributed by atoms with van der Waals surface area (Å²) in [6, 6.07) is 5.41. The SMILES string of the molecule is CCCCNc1ncc(-c2ccc(C=C3CCN(C(C)C)CC3)cn2)c(NC2CCCCC2)n1. The predicted molar refractivity (Wildman–Crippen MR) is 143 cm³/mol. The van der Waals surface area contributed by atoms with Gasteiger partial charge in [0.1, 0.15) is 5.82 Å². The smallest absolute Gasteiger partial charge is 0.224 e. The maximum atomic E-state index is 4.86. The molecule has 3 heterocycles. The standard InChI is InChI=1S/C28H42N6/c1-4-5-15-29-28-31-20-25(27(33-28)32-24-9-7-6-8-10-24)26-12-11-23(19-30-26)18-22-13-16-34(17-14-22)21(2)3/h11-12,18-21,24H,4-10,13-17H2,1-3H3,(H2,29,31,32,33). The van der Waals surface area contributed by atoms with Gasteiger partial charge in [-0.25, -0.2) is 4.98 Å². The van der Waals surface area contributed by atoms with Gasteiger partial charge in [-0.2, -0.15) is 4.98 Å². The van der Waals surface area contributed by atoms with Gasteiger partial charge in [-0.1, -0.05) is 50.3 Å². The Kier molecular flexibility index (Phi) is 8.91. The third-order valence-corrected chi connectivity index (χ3v) is 7.15. The summed E-state index contributed by atoms with van der Waals surface area (Å²) in [7, 11) is 0. The van der Waals surface area contributed by atoms with E-state index in [4.69, 9.17) is 9.97 Å². The van der Waals surface area contributed by atoms with Gasteiger partial charge < -0.3 is 15.5 Å². The Morgan fingerprint density at radius 3 is 2.53 bits per heavy atom. The van der Waals surface area contributed by atoms with Crippen LogP contribution >= 0.6 is 0 Å². The first kappa shape index (κ1) is 24.6. The van der Waals surface area contributed by atoms with E-state index >= 15 is 0 Å². The summed E-state index contributed by atoms with van der Waals surface area (Å²) >= 11 is 0. The van der Waals surface area contributed by atoms with E-state index in [1.807, 2.05) is 12.4 Å². The molecule has 34 heavy (non-hydrogen) atoms. The van der Waals surface area contributed by atoms with Crippen molar-refractivity contribution in [1.82, 2.24) is 19.9 Å². The summed E-state index contributed by atoms with van der Waals surface area (Å²) in [5.41, 5.74) is 4.61. The molecule has 6 nitrogen and oxygen atoms in total. The first-order chi connectivity index (χ1) is 16.6. The fourth-order valence-electron chi connectivity index (χ4n) is 4.94. The third-order valence-electron chi connectivity index (χ3n) is 7.15. The van der Waals surface area contributed by atoms with E-state index in [1.165, 1.54) is 43.2 Å². The van der Waals surface area contributed by atoms with Crippen LogP contribution in [-0.4, -0.2) is 51.6 Å². The van der Waals surface area contributed by atoms with Crippen molar-refractivity contribution in [3.8, 4) is 11.3 Å². The lowest BCUT2D eigenvalue weighted by atomic mass is 9.95. The van der Waals surface area contributed by atoms with E-state index in [0.29, 0.717) is 18.0 Å². The van der Waals surface area contributed by atoms with E-state index in [1.54, 1.807) is 0 Å². The van der Waals surface area contributed by atoms with Gasteiger partial charge in [0.05, 0.1) is 11.3 Å². The molecule has 0 radical (unpaired) electrons. The maximum absolute atomic E-state index is 4.86. The van der Waals surface area contributed by atoms with Gasteiger partial charge in [0.2, 0.25) is 5.95 Å². The highest BCUT2D eigenvalue weighted by Gasteiger charge is 2.18. The molecule has 0 atom stereocenters. The molecule has 6 heteroatoms. The zero-order valence-electron chi connectivity index (χ0n) is 21.3. The van der Waals surface area contributed by atoms with Crippen LogP contribution in [0.4, 0.5) is 11.8 Å². The van der Waals surface area contributed by atoms with Crippen molar-refractivity contribution in [1.29, 1.82) is 0 Å². The van der Waals surface area contributed by atoms with Crippen molar-refractivity contribution in [2.24, 2.45) is 0 Å². The summed E-state index contributed by atoms with van der Waals surface area (Å²) < 4.78 is 0. The maximum Gasteiger partial charge on any atom is 0.224 e. The van der Waals surface area contributed by atoms with Gasteiger partial charge in [0.15, 0.2) is 0 Å². The van der Waals surface area contributed by atoms with Gasteiger partial charge in [0, 0.05) is 44.1 Å². The van der Waals surface area contributed by atoms with E-state index < -0.39 is 0 Å². The zero-order chi connectivity index (χ0) is 23.8. The fourth-order valence-corrected chi connectivity index (χ4v) is 4.94. The van der Waals surface area contributed by atoms with Crippen molar-refractivity contribution in [2.75, 3.05) is 30.3 Å². The number of rotatable bonds is 9. The number of likely N-dealkylation sites (tertiary alicyclic amines) is 1. The first-order valence-electron chi connectivity index (χ1n) is 13.4. The highest BCUT2D eigenvalue weighted by atomic mass is 15.2. The summed E-state index contributed by atoms with van der Waals surface area (Å²) in [4.78, 5) is 16.8. The van der Waals surface area contributed by atoms with Crippen LogP contribution in [0.25, 0.3) is 17.3 Å². The molecule has 0 amide bonds. The molecule has 2 N–H and O–H groups in total. The van der Waals surface area contributed by atoms with Gasteiger partial charge in [-0.15, -0.1) is 0 Å². The van der Waals surface area contributed by atoms with Gasteiger partial charge in [-0.05, 0) is 57.6 Å². The Morgan fingerprint density at radius 2 is 1.85 bits per heavy atom. The fraction of sp³-hybridized carbons (Fsp3) is 0.607. The van der Waals surface area contributed by atoms with Crippen LogP contribution < -0.4 is 10.6 Å². The number of nitrogens with zero attached hydrogens (tertiary/aromatic N) is 4. The van der Waals surface area contributed by atoms with Crippen molar-refractivity contribution in [3.63, 3.8) is 0 Å². The van der Waals surface area contributed by atoms with Crippen LogP contribution in [0, 0.1) is 0 Å². The Labute approximate surface area is 205 Å². The molecule has 0 unspecified atom stereocenters. The molecule has 2 aliphatic rings. The van der Waals surface area contributed by atoms with Crippen molar-refractivity contribution in [2.45, 2.75) is 90.6 Å². The zero-order valence-corrected chi connectivity index (χ0v) is 21.3. The highest BCUT2D eigenvalue weighted by molar-refractivity contribution is 5.73. The summed E-state index contributed by atoms with van der Waals surface area (Å²) in [5.74, 6) is 1.60. The molecule has 184 valence electrons. The Bertz CT molecular complexity index is 920. The topological polar surface area (TPSA) is 66.0 Å². The lowest BCUT2D eigenvalue weighted by molar-refractivity contribution is 0.208. The number of anilines is 2. The Balaban J connectivity index is 1.49. The minimum Gasteiger partial charge on any atom is -0.367 e. The van der Waals surface area contributed by atoms with Crippen LogP contribution in [0.15, 0.2) is 30.1 Å². The molecule has 4 rings (SSSR count). The Hall–Kier alpha value is -2.47. The minimum atomic E-state index is 0.478. The molecule has 1 saturated heterocycles. The van der Waals surface area contributed by atoms with E-state index in [-0.39, 0.29) is 0 Å². The Morgan fingerprint density at radius 1 is 1.06 bits per heavy atom. The number of hydrogen-bond acceptors (Lipinski definition) is 6. The van der Waals surface area contributed by atoms with Crippen molar-refractivity contribution < 1.29 is 0 Å². The number of unbranched alkanes of at least 4 members (excludes halogenated alkanes) is 1.